The van der Waals surface area contributed by atoms with Crippen LogP contribution in [0.2, 0.25) is 0 Å². The standard InChI is InChI=1S/C67H70O12/c68-65(54-37-21-7-22-38-54)76-64-57(71-43-50-29-13-3-14-30-50)56(70-42-49-27-11-2-12-28-49)55(47-69-41-48-25-9-1-10-26-48)75-66(64)77-61-59(73-45-52-33-17-5-18-34-52)58(72-44-51-31-15-4-16-32-51)60(74-46-53-35-19-6-20-36-53)62-63(61)79-67(78-62)39-23-8-24-40-67/h1-7,9-22,25-38,55-64,66H,8,23-24,39-47H2/t55-,56-,57+,58+,59+,60-,61-,62-,63+,64-,66+/m1/s1. The van der Waals surface area contributed by atoms with Gasteiger partial charge in [0.25, 0.3) is 0 Å². The van der Waals surface area contributed by atoms with E-state index in [0.29, 0.717) is 25.0 Å². The van der Waals surface area contributed by atoms with Crippen molar-refractivity contribution in [1.82, 2.24) is 0 Å². The number of fused-ring (bicyclic) bond motifs is 1. The Bertz CT molecular complexity index is 2880. The molecule has 0 N–H and O–H groups in total. The lowest BCUT2D eigenvalue weighted by atomic mass is 9.83. The molecule has 2 heterocycles. The average molecular weight is 1070 g/mol. The van der Waals surface area contributed by atoms with Gasteiger partial charge in [0.1, 0.15) is 54.9 Å². The molecule has 4 fully saturated rings. The van der Waals surface area contributed by atoms with Crippen molar-refractivity contribution in [2.75, 3.05) is 6.61 Å². The number of esters is 1. The summed E-state index contributed by atoms with van der Waals surface area (Å²) in [6.07, 6.45) is -5.61. The fraction of sp³-hybridized carbons (Fsp3) is 0.358. The molecule has 12 nitrogen and oxygen atoms in total. The topological polar surface area (TPSA) is 119 Å². The molecule has 11 atom stereocenters. The van der Waals surface area contributed by atoms with Gasteiger partial charge in [-0.2, -0.15) is 0 Å². The molecule has 410 valence electrons. The number of rotatable bonds is 23. The molecule has 0 bridgehead atoms. The molecule has 2 saturated carbocycles. The van der Waals surface area contributed by atoms with Gasteiger partial charge in [-0.05, 0) is 58.4 Å². The largest absolute Gasteiger partial charge is 0.450 e. The van der Waals surface area contributed by atoms with Crippen molar-refractivity contribution in [3.63, 3.8) is 0 Å². The molecule has 0 aromatic heterocycles. The van der Waals surface area contributed by atoms with E-state index in [1.54, 1.807) is 24.3 Å². The minimum Gasteiger partial charge on any atom is -0.450 e. The highest BCUT2D eigenvalue weighted by Gasteiger charge is 2.64. The Morgan fingerprint density at radius 2 is 0.747 bits per heavy atom. The highest BCUT2D eigenvalue weighted by Crippen LogP contribution is 2.48. The number of ether oxygens (including phenoxy) is 11. The Morgan fingerprint density at radius 3 is 1.19 bits per heavy atom. The molecule has 11 rings (SSSR count). The molecule has 0 unspecified atom stereocenters. The third kappa shape index (κ3) is 14.1. The van der Waals surface area contributed by atoms with Gasteiger partial charge in [0.15, 0.2) is 18.2 Å². The first-order chi connectivity index (χ1) is 39.0. The maximum absolute atomic E-state index is 14.7. The lowest BCUT2D eigenvalue weighted by Gasteiger charge is -2.50. The van der Waals surface area contributed by atoms with Crippen LogP contribution in [0.4, 0.5) is 0 Å². The van der Waals surface area contributed by atoms with Gasteiger partial charge in [0.2, 0.25) is 0 Å². The highest BCUT2D eigenvalue weighted by molar-refractivity contribution is 5.89. The second kappa shape index (κ2) is 27.2. The van der Waals surface area contributed by atoms with Crippen LogP contribution in [0.5, 0.6) is 0 Å². The van der Waals surface area contributed by atoms with Crippen LogP contribution in [0.3, 0.4) is 0 Å². The van der Waals surface area contributed by atoms with E-state index >= 15 is 0 Å². The van der Waals surface area contributed by atoms with Gasteiger partial charge >= 0.3 is 5.97 Å². The molecular formula is C67H70O12. The van der Waals surface area contributed by atoms with Crippen molar-refractivity contribution >= 4 is 5.97 Å². The minimum atomic E-state index is -1.31. The molecule has 7 aromatic carbocycles. The zero-order valence-electron chi connectivity index (χ0n) is 44.4. The Labute approximate surface area is 463 Å². The van der Waals surface area contributed by atoms with Crippen LogP contribution in [0.1, 0.15) is 75.8 Å². The maximum atomic E-state index is 14.7. The van der Waals surface area contributed by atoms with Crippen molar-refractivity contribution in [3.8, 4) is 0 Å². The fourth-order valence-electron chi connectivity index (χ4n) is 11.2. The van der Waals surface area contributed by atoms with Gasteiger partial charge in [-0.1, -0.05) is 207 Å². The van der Waals surface area contributed by atoms with Crippen molar-refractivity contribution < 1.29 is 56.9 Å². The van der Waals surface area contributed by atoms with E-state index in [9.17, 15) is 4.79 Å². The Morgan fingerprint density at radius 1 is 0.392 bits per heavy atom. The quantitative estimate of drug-likeness (QED) is 0.0568. The number of carbonyl (C=O) groups is 1. The normalized spacial score (nSPS) is 26.3. The van der Waals surface area contributed by atoms with E-state index in [2.05, 4.69) is 12.1 Å². The molecule has 2 saturated heterocycles. The van der Waals surface area contributed by atoms with Crippen LogP contribution in [0.15, 0.2) is 212 Å². The zero-order chi connectivity index (χ0) is 53.5. The first-order valence-corrected chi connectivity index (χ1v) is 27.9. The smallest absolute Gasteiger partial charge is 0.338 e. The minimum absolute atomic E-state index is 0.0738. The summed E-state index contributed by atoms with van der Waals surface area (Å²) in [7, 11) is 0. The molecule has 12 heteroatoms. The van der Waals surface area contributed by atoms with E-state index < -0.39 is 79.1 Å². The fourth-order valence-corrected chi connectivity index (χ4v) is 11.2. The Kier molecular flexibility index (Phi) is 18.8. The van der Waals surface area contributed by atoms with Crippen LogP contribution < -0.4 is 0 Å². The van der Waals surface area contributed by atoms with E-state index in [1.807, 2.05) is 176 Å². The van der Waals surface area contributed by atoms with Gasteiger partial charge in [0, 0.05) is 12.8 Å². The van der Waals surface area contributed by atoms with Crippen molar-refractivity contribution in [3.05, 3.63) is 251 Å². The van der Waals surface area contributed by atoms with Crippen LogP contribution in [0, 0.1) is 0 Å². The first kappa shape index (κ1) is 54.6. The molecule has 4 aliphatic rings. The maximum Gasteiger partial charge on any atom is 0.338 e. The zero-order valence-corrected chi connectivity index (χ0v) is 44.4. The van der Waals surface area contributed by atoms with Gasteiger partial charge in [-0.3, -0.25) is 0 Å². The summed E-state index contributed by atoms with van der Waals surface area (Å²) in [5.41, 5.74) is 6.11. The lowest BCUT2D eigenvalue weighted by molar-refractivity contribution is -0.350. The number of carbonyl (C=O) groups excluding carboxylic acids is 1. The molecule has 7 aromatic rings. The van der Waals surface area contributed by atoms with E-state index in [4.69, 9.17) is 52.1 Å². The Hall–Kier alpha value is -6.39. The third-order valence-corrected chi connectivity index (χ3v) is 15.2. The van der Waals surface area contributed by atoms with Gasteiger partial charge < -0.3 is 52.1 Å². The van der Waals surface area contributed by atoms with Gasteiger partial charge in [-0.15, -0.1) is 0 Å². The molecule has 79 heavy (non-hydrogen) atoms. The highest BCUT2D eigenvalue weighted by atomic mass is 16.8. The first-order valence-electron chi connectivity index (χ1n) is 27.9. The number of hydrogen-bond donors (Lipinski definition) is 0. The predicted octanol–water partition coefficient (Wildman–Crippen LogP) is 11.9. The van der Waals surface area contributed by atoms with E-state index in [1.165, 1.54) is 0 Å². The SMILES string of the molecule is O=C(O[C@H]1[C@H](O[C@@H]2[C@@H](OCc3ccccc3)[C@H](OCc3ccccc3)[C@@H](OCc3ccccc3)[C@H]3OC4(CCCCC4)O[C@@H]23)O[C@H](COCc2ccccc2)[C@@H](OCc2ccccc2)[C@@H]1OCc1ccccc1)c1ccccc1. The molecular weight excluding hydrogens is 997 g/mol. The van der Waals surface area contributed by atoms with Crippen LogP contribution in [0.25, 0.3) is 0 Å². The molecule has 2 aliphatic heterocycles. The average Bonchev–Trinajstić information content (AvgIpc) is 4.16. The van der Waals surface area contributed by atoms with Crippen molar-refractivity contribution in [1.29, 1.82) is 0 Å². The van der Waals surface area contributed by atoms with E-state index in [-0.39, 0.29) is 39.6 Å². The summed E-state index contributed by atoms with van der Waals surface area (Å²) in [5, 5.41) is 0. The monoisotopic (exact) mass is 1070 g/mol. The molecule has 1 spiro atoms. The molecule has 0 radical (unpaired) electrons. The number of benzene rings is 7. The summed E-state index contributed by atoms with van der Waals surface area (Å²) in [4.78, 5) is 14.7. The van der Waals surface area contributed by atoms with Gasteiger partial charge in [-0.25, -0.2) is 4.79 Å². The molecule has 2 aliphatic carbocycles. The van der Waals surface area contributed by atoms with Crippen LogP contribution in [-0.2, 0) is 91.7 Å². The Balaban J connectivity index is 1.02. The second-order valence-electron chi connectivity index (χ2n) is 20.8. The molecule has 0 amide bonds. The van der Waals surface area contributed by atoms with Crippen LogP contribution in [-0.4, -0.2) is 85.7 Å². The third-order valence-electron chi connectivity index (χ3n) is 15.2. The second-order valence-corrected chi connectivity index (χ2v) is 20.8. The number of hydrogen-bond acceptors (Lipinski definition) is 12. The summed E-state index contributed by atoms with van der Waals surface area (Å²) in [5.74, 6) is -1.50. The van der Waals surface area contributed by atoms with E-state index in [0.717, 1.165) is 52.6 Å². The van der Waals surface area contributed by atoms with Crippen molar-refractivity contribution in [2.24, 2.45) is 0 Å². The summed E-state index contributed by atoms with van der Waals surface area (Å²) in [6.45, 7) is 1.48. The van der Waals surface area contributed by atoms with Crippen molar-refractivity contribution in [2.45, 2.75) is 145 Å². The summed E-state index contributed by atoms with van der Waals surface area (Å²) in [6, 6.07) is 68.9. The summed E-state index contributed by atoms with van der Waals surface area (Å²) >= 11 is 0. The van der Waals surface area contributed by atoms with Gasteiger partial charge in [0.05, 0.1) is 51.8 Å². The van der Waals surface area contributed by atoms with Crippen LogP contribution >= 0.6 is 0 Å². The summed E-state index contributed by atoms with van der Waals surface area (Å²) < 4.78 is 78.6. The predicted molar refractivity (Wildman–Crippen MR) is 296 cm³/mol. The lowest BCUT2D eigenvalue weighted by Crippen LogP contribution is -2.68.